The quantitative estimate of drug-likeness (QED) is 0.178. The van der Waals surface area contributed by atoms with E-state index >= 15 is 0 Å². The van der Waals surface area contributed by atoms with Gasteiger partial charge >= 0.3 is 0 Å². The molecule has 45 heavy (non-hydrogen) atoms. The van der Waals surface area contributed by atoms with Crippen LogP contribution in [0.5, 0.6) is 0 Å². The Morgan fingerprint density at radius 2 is 1.40 bits per heavy atom. The van der Waals surface area contributed by atoms with E-state index in [0.717, 1.165) is 9.87 Å². The first-order chi connectivity index (χ1) is 21.3. The van der Waals surface area contributed by atoms with Crippen molar-refractivity contribution >= 4 is 62.3 Å². The van der Waals surface area contributed by atoms with Crippen LogP contribution in [0.3, 0.4) is 0 Å². The summed E-state index contributed by atoms with van der Waals surface area (Å²) >= 11 is 19.1. The molecule has 0 aliphatic heterocycles. The second-order valence-corrected chi connectivity index (χ2v) is 14.6. The number of nitrogens with one attached hydrogen (secondary N) is 1. The average molecular weight is 687 g/mol. The predicted molar refractivity (Wildman–Crippen MR) is 181 cm³/mol. The van der Waals surface area contributed by atoms with E-state index in [1.54, 1.807) is 48.5 Å². The maximum atomic E-state index is 14.5. The highest BCUT2D eigenvalue weighted by Gasteiger charge is 2.36. The number of anilines is 1. The molecule has 1 unspecified atom stereocenters. The fourth-order valence-electron chi connectivity index (χ4n) is 4.76. The molecule has 0 saturated heterocycles. The fraction of sp³-hybridized carbons (Fsp3) is 0.235. The van der Waals surface area contributed by atoms with Crippen molar-refractivity contribution in [2.24, 2.45) is 0 Å². The number of halogens is 3. The summed E-state index contributed by atoms with van der Waals surface area (Å²) in [6.45, 7) is 4.87. The molecule has 4 rings (SSSR count). The van der Waals surface area contributed by atoms with E-state index in [1.807, 2.05) is 51.1 Å². The van der Waals surface area contributed by atoms with Gasteiger partial charge in [0.15, 0.2) is 0 Å². The van der Waals surface area contributed by atoms with E-state index in [4.69, 9.17) is 34.8 Å². The summed E-state index contributed by atoms with van der Waals surface area (Å²) in [6.07, 6.45) is 0.179. The molecule has 0 aliphatic rings. The van der Waals surface area contributed by atoms with Crippen LogP contribution in [-0.4, -0.2) is 43.3 Å². The second kappa shape index (κ2) is 14.7. The molecule has 0 bridgehead atoms. The molecule has 0 saturated carbocycles. The van der Waals surface area contributed by atoms with Crippen LogP contribution in [0.4, 0.5) is 5.69 Å². The van der Waals surface area contributed by atoms with Crippen LogP contribution in [-0.2, 0) is 32.6 Å². The number of hydrogen-bond acceptors (Lipinski definition) is 4. The lowest BCUT2D eigenvalue weighted by atomic mass is 10.0. The zero-order valence-electron chi connectivity index (χ0n) is 25.1. The van der Waals surface area contributed by atoms with Gasteiger partial charge in [-0.2, -0.15) is 0 Å². The summed E-state index contributed by atoms with van der Waals surface area (Å²) in [4.78, 5) is 29.8. The van der Waals surface area contributed by atoms with Crippen molar-refractivity contribution in [2.75, 3.05) is 10.8 Å². The molecule has 4 aromatic carbocycles. The first-order valence-electron chi connectivity index (χ1n) is 14.2. The molecule has 2 amide bonds. The molecule has 7 nitrogen and oxygen atoms in total. The Morgan fingerprint density at radius 3 is 2.02 bits per heavy atom. The highest BCUT2D eigenvalue weighted by molar-refractivity contribution is 7.92. The van der Waals surface area contributed by atoms with E-state index in [9.17, 15) is 18.0 Å². The van der Waals surface area contributed by atoms with Crippen LogP contribution in [0.2, 0.25) is 15.1 Å². The topological polar surface area (TPSA) is 86.8 Å². The third kappa shape index (κ3) is 9.01. The van der Waals surface area contributed by atoms with Crippen LogP contribution in [0.15, 0.2) is 108 Å². The van der Waals surface area contributed by atoms with Gasteiger partial charge in [-0.05, 0) is 68.3 Å². The Morgan fingerprint density at radius 1 is 0.800 bits per heavy atom. The molecular formula is C34H34Cl3N3O4S. The zero-order chi connectivity index (χ0) is 32.8. The number of sulfonamides is 1. The second-order valence-electron chi connectivity index (χ2n) is 11.5. The van der Waals surface area contributed by atoms with Crippen molar-refractivity contribution in [3.63, 3.8) is 0 Å². The fourth-order valence-corrected chi connectivity index (χ4v) is 6.86. The molecule has 11 heteroatoms. The standard InChI is InChI=1S/C34H34Cl3N3O4S/c1-34(2,3)38-33(42)30(21-24-12-6-4-7-13-24)39(22-25-14-10-15-26(35)20-25)31(41)23-40(29-19-11-18-28(36)32(29)37)45(43,44)27-16-8-5-9-17-27/h4-20,30H,21-23H2,1-3H3,(H,38,42). The molecule has 1 atom stereocenters. The monoisotopic (exact) mass is 685 g/mol. The molecule has 0 fully saturated rings. The average Bonchev–Trinajstić information content (AvgIpc) is 2.99. The smallest absolute Gasteiger partial charge is 0.264 e. The summed E-state index contributed by atoms with van der Waals surface area (Å²) in [7, 11) is -4.31. The van der Waals surface area contributed by atoms with Gasteiger partial charge in [-0.15, -0.1) is 0 Å². The van der Waals surface area contributed by atoms with Gasteiger partial charge in [0.25, 0.3) is 10.0 Å². The van der Waals surface area contributed by atoms with E-state index in [1.165, 1.54) is 29.2 Å². The Labute approximate surface area is 279 Å². The van der Waals surface area contributed by atoms with Crippen LogP contribution in [0.25, 0.3) is 0 Å². The van der Waals surface area contributed by atoms with Crippen molar-refractivity contribution in [2.45, 2.75) is 50.2 Å². The van der Waals surface area contributed by atoms with E-state index in [-0.39, 0.29) is 39.5 Å². The number of carbonyl (C=O) groups is 2. The van der Waals surface area contributed by atoms with Gasteiger partial charge < -0.3 is 10.2 Å². The van der Waals surface area contributed by atoms with E-state index in [0.29, 0.717) is 10.6 Å². The first-order valence-corrected chi connectivity index (χ1v) is 16.8. The lowest BCUT2D eigenvalue weighted by molar-refractivity contribution is -0.140. The van der Waals surface area contributed by atoms with Gasteiger partial charge in [-0.1, -0.05) is 102 Å². The van der Waals surface area contributed by atoms with Crippen molar-refractivity contribution < 1.29 is 18.0 Å². The van der Waals surface area contributed by atoms with Crippen molar-refractivity contribution in [1.29, 1.82) is 0 Å². The molecule has 0 heterocycles. The Bertz CT molecular complexity index is 1750. The van der Waals surface area contributed by atoms with Gasteiger partial charge in [0, 0.05) is 23.5 Å². The van der Waals surface area contributed by atoms with Crippen LogP contribution in [0, 0.1) is 0 Å². The Balaban J connectivity index is 1.84. The van der Waals surface area contributed by atoms with Crippen molar-refractivity contribution in [1.82, 2.24) is 10.2 Å². The minimum Gasteiger partial charge on any atom is -0.350 e. The molecule has 0 radical (unpaired) electrons. The van der Waals surface area contributed by atoms with Crippen LogP contribution >= 0.6 is 34.8 Å². The molecule has 1 N–H and O–H groups in total. The van der Waals surface area contributed by atoms with Gasteiger partial charge in [0.2, 0.25) is 11.8 Å². The number of amides is 2. The van der Waals surface area contributed by atoms with Gasteiger partial charge in [-0.25, -0.2) is 8.42 Å². The van der Waals surface area contributed by atoms with E-state index in [2.05, 4.69) is 5.32 Å². The zero-order valence-corrected chi connectivity index (χ0v) is 28.2. The molecular weight excluding hydrogens is 653 g/mol. The van der Waals surface area contributed by atoms with Gasteiger partial charge in [-0.3, -0.25) is 13.9 Å². The predicted octanol–water partition coefficient (Wildman–Crippen LogP) is 7.40. The van der Waals surface area contributed by atoms with Crippen molar-refractivity contribution in [3.05, 3.63) is 129 Å². The highest BCUT2D eigenvalue weighted by atomic mass is 35.5. The molecule has 4 aromatic rings. The Hall–Kier alpha value is -3.56. The molecule has 0 spiro atoms. The lowest BCUT2D eigenvalue weighted by Gasteiger charge is -2.35. The third-order valence-corrected chi connectivity index (χ3v) is 9.64. The number of nitrogens with zero attached hydrogens (tertiary/aromatic N) is 2. The number of rotatable bonds is 11. The normalized spacial score (nSPS) is 12.3. The van der Waals surface area contributed by atoms with E-state index < -0.39 is 34.1 Å². The minimum atomic E-state index is -4.31. The summed E-state index contributed by atoms with van der Waals surface area (Å²) in [5.74, 6) is -1.02. The highest BCUT2D eigenvalue weighted by Crippen LogP contribution is 2.35. The number of carbonyl (C=O) groups excluding carboxylic acids is 2. The third-order valence-electron chi connectivity index (χ3n) is 6.82. The van der Waals surface area contributed by atoms with Crippen LogP contribution in [0.1, 0.15) is 31.9 Å². The lowest BCUT2D eigenvalue weighted by Crippen LogP contribution is -2.56. The molecule has 0 aliphatic carbocycles. The minimum absolute atomic E-state index is 0.0169. The van der Waals surface area contributed by atoms with Gasteiger partial charge in [0.05, 0.1) is 20.6 Å². The maximum Gasteiger partial charge on any atom is 0.264 e. The SMILES string of the molecule is CC(C)(C)NC(=O)C(Cc1ccccc1)N(Cc1cccc(Cl)c1)C(=O)CN(c1cccc(Cl)c1Cl)S(=O)(=O)c1ccccc1. The maximum absolute atomic E-state index is 14.5. The first kappa shape index (κ1) is 34.3. The van der Waals surface area contributed by atoms with Gasteiger partial charge in [0.1, 0.15) is 12.6 Å². The summed E-state index contributed by atoms with van der Waals surface area (Å²) in [5.41, 5.74) is 0.911. The van der Waals surface area contributed by atoms with Crippen LogP contribution < -0.4 is 9.62 Å². The van der Waals surface area contributed by atoms with Crippen molar-refractivity contribution in [3.8, 4) is 0 Å². The molecule has 236 valence electrons. The number of benzene rings is 4. The number of hydrogen-bond donors (Lipinski definition) is 1. The Kier molecular flexibility index (Phi) is 11.2. The summed E-state index contributed by atoms with van der Waals surface area (Å²) < 4.78 is 29.1. The molecule has 0 aromatic heterocycles. The summed E-state index contributed by atoms with van der Waals surface area (Å²) in [6, 6.07) is 27.6. The largest absolute Gasteiger partial charge is 0.350 e. The summed E-state index contributed by atoms with van der Waals surface area (Å²) in [5, 5.41) is 3.55.